The van der Waals surface area contributed by atoms with Crippen molar-refractivity contribution in [2.24, 2.45) is 0 Å². The van der Waals surface area contributed by atoms with Crippen LogP contribution >= 0.6 is 0 Å². The average Bonchev–Trinajstić information content (AvgIpc) is 3.32. The van der Waals surface area contributed by atoms with Gasteiger partial charge in [-0.05, 0) is 51.1 Å². The van der Waals surface area contributed by atoms with E-state index >= 15 is 0 Å². The maximum absolute atomic E-state index is 12.3. The lowest BCUT2D eigenvalue weighted by atomic mass is 10.0. The number of aromatic nitrogens is 4. The van der Waals surface area contributed by atoms with Crippen LogP contribution in [0.1, 0.15) is 67.8 Å². The van der Waals surface area contributed by atoms with Gasteiger partial charge in [-0.2, -0.15) is 10.1 Å². The summed E-state index contributed by atoms with van der Waals surface area (Å²) in [4.78, 5) is 19.3. The van der Waals surface area contributed by atoms with Crippen LogP contribution in [0.15, 0.2) is 21.5 Å². The Hall–Kier alpha value is -2.06. The Kier molecular flexibility index (Phi) is 4.98. The van der Waals surface area contributed by atoms with E-state index in [9.17, 15) is 4.79 Å². The topological polar surface area (TPSA) is 86.3 Å². The third-order valence-corrected chi connectivity index (χ3v) is 6.16. The molecule has 0 aromatic carbocycles. The zero-order chi connectivity index (χ0) is 18.9. The Morgan fingerprint density at radius 1 is 1.07 bits per heavy atom. The van der Waals surface area contributed by atoms with Crippen molar-refractivity contribution in [3.8, 4) is 0 Å². The van der Waals surface area contributed by atoms with Crippen molar-refractivity contribution in [3.05, 3.63) is 39.9 Å². The molecule has 8 nitrogen and oxygen atoms in total. The van der Waals surface area contributed by atoms with Crippen molar-refractivity contribution in [1.29, 1.82) is 0 Å². The number of ether oxygens (including phenoxy) is 1. The molecular formula is C20H27N5O3. The molecule has 2 aliphatic heterocycles. The third kappa shape index (κ3) is 3.89. The van der Waals surface area contributed by atoms with Gasteiger partial charge in [0, 0.05) is 37.2 Å². The second kappa shape index (κ2) is 7.75. The van der Waals surface area contributed by atoms with Crippen LogP contribution in [0, 0.1) is 0 Å². The van der Waals surface area contributed by atoms with Crippen molar-refractivity contribution in [3.63, 3.8) is 0 Å². The van der Waals surface area contributed by atoms with Crippen molar-refractivity contribution in [1.82, 2.24) is 24.8 Å². The van der Waals surface area contributed by atoms with E-state index in [-0.39, 0.29) is 11.6 Å². The molecule has 4 heterocycles. The quantitative estimate of drug-likeness (QED) is 0.752. The van der Waals surface area contributed by atoms with Gasteiger partial charge in [0.05, 0.1) is 18.8 Å². The first-order chi connectivity index (χ1) is 13.8. The summed E-state index contributed by atoms with van der Waals surface area (Å²) < 4.78 is 12.6. The van der Waals surface area contributed by atoms with Crippen LogP contribution in [0.2, 0.25) is 0 Å². The number of rotatable bonds is 6. The SMILES string of the molecule is O=c1ccc(C2CC2)nn1CC1CCCN1Cc1noc(C2CCOCC2)n1. The van der Waals surface area contributed by atoms with Crippen LogP contribution in [-0.2, 0) is 17.8 Å². The zero-order valence-corrected chi connectivity index (χ0v) is 16.1. The number of likely N-dealkylation sites (tertiary alicyclic amines) is 1. The van der Waals surface area contributed by atoms with Crippen LogP contribution in [0.5, 0.6) is 0 Å². The van der Waals surface area contributed by atoms with Gasteiger partial charge in [-0.3, -0.25) is 9.69 Å². The van der Waals surface area contributed by atoms with Crippen LogP contribution in [0.25, 0.3) is 0 Å². The van der Waals surface area contributed by atoms with Gasteiger partial charge >= 0.3 is 0 Å². The molecule has 3 aliphatic rings. The van der Waals surface area contributed by atoms with E-state index in [1.54, 1.807) is 10.7 Å². The second-order valence-electron chi connectivity index (χ2n) is 8.25. The van der Waals surface area contributed by atoms with Crippen molar-refractivity contribution < 1.29 is 9.26 Å². The van der Waals surface area contributed by atoms with E-state index in [1.165, 1.54) is 12.8 Å². The van der Waals surface area contributed by atoms with E-state index in [4.69, 9.17) is 9.26 Å². The normalized spacial score (nSPS) is 24.1. The maximum atomic E-state index is 12.3. The zero-order valence-electron chi connectivity index (χ0n) is 16.1. The third-order valence-electron chi connectivity index (χ3n) is 6.16. The summed E-state index contributed by atoms with van der Waals surface area (Å²) in [5.74, 6) is 2.34. The standard InChI is InChI=1S/C20H27N5O3/c26-19-6-5-17(14-3-4-14)22-25(19)12-16-2-1-9-24(16)13-18-21-20(28-23-18)15-7-10-27-11-8-15/h5-6,14-16H,1-4,7-13H2. The van der Waals surface area contributed by atoms with Crippen LogP contribution < -0.4 is 5.56 Å². The fraction of sp³-hybridized carbons (Fsp3) is 0.700. The summed E-state index contributed by atoms with van der Waals surface area (Å²) in [5.41, 5.74) is 1.04. The van der Waals surface area contributed by atoms with E-state index in [1.807, 2.05) is 6.07 Å². The Morgan fingerprint density at radius 2 is 1.93 bits per heavy atom. The molecule has 8 heteroatoms. The Bertz CT molecular complexity index is 869. The highest BCUT2D eigenvalue weighted by molar-refractivity contribution is 5.12. The lowest BCUT2D eigenvalue weighted by Crippen LogP contribution is -2.37. The van der Waals surface area contributed by atoms with Crippen molar-refractivity contribution in [2.75, 3.05) is 19.8 Å². The first-order valence-corrected chi connectivity index (χ1v) is 10.5. The van der Waals surface area contributed by atoms with Gasteiger partial charge in [-0.25, -0.2) is 4.68 Å². The minimum atomic E-state index is -0.0161. The molecule has 28 heavy (non-hydrogen) atoms. The molecule has 5 rings (SSSR count). The summed E-state index contributed by atoms with van der Waals surface area (Å²) in [6.45, 7) is 3.80. The molecule has 1 unspecified atom stereocenters. The second-order valence-corrected chi connectivity index (χ2v) is 8.25. The number of nitrogens with zero attached hydrogens (tertiary/aromatic N) is 5. The number of hydrogen-bond acceptors (Lipinski definition) is 7. The molecule has 0 bridgehead atoms. The molecule has 0 spiro atoms. The van der Waals surface area contributed by atoms with Gasteiger partial charge in [0.15, 0.2) is 5.82 Å². The fourth-order valence-electron chi connectivity index (χ4n) is 4.33. The predicted octanol–water partition coefficient (Wildman–Crippen LogP) is 2.06. The molecule has 2 aromatic rings. The highest BCUT2D eigenvalue weighted by Gasteiger charge is 2.29. The Morgan fingerprint density at radius 3 is 2.75 bits per heavy atom. The molecule has 1 aliphatic carbocycles. The van der Waals surface area contributed by atoms with Crippen molar-refractivity contribution in [2.45, 2.75) is 69.5 Å². The van der Waals surface area contributed by atoms with E-state index in [2.05, 4.69) is 20.1 Å². The molecule has 3 fully saturated rings. The van der Waals surface area contributed by atoms with Gasteiger partial charge < -0.3 is 9.26 Å². The largest absolute Gasteiger partial charge is 0.381 e. The monoisotopic (exact) mass is 385 g/mol. The predicted molar refractivity (Wildman–Crippen MR) is 101 cm³/mol. The summed E-state index contributed by atoms with van der Waals surface area (Å²) >= 11 is 0. The molecule has 2 saturated heterocycles. The van der Waals surface area contributed by atoms with Gasteiger partial charge in [0.25, 0.3) is 5.56 Å². The van der Waals surface area contributed by atoms with Crippen LogP contribution in [0.4, 0.5) is 0 Å². The van der Waals surface area contributed by atoms with Gasteiger partial charge in [-0.1, -0.05) is 5.16 Å². The Labute approximate surface area is 163 Å². The molecule has 1 saturated carbocycles. The minimum Gasteiger partial charge on any atom is -0.381 e. The molecule has 0 radical (unpaired) electrons. The van der Waals surface area contributed by atoms with Gasteiger partial charge in [0.2, 0.25) is 5.89 Å². The van der Waals surface area contributed by atoms with Gasteiger partial charge in [-0.15, -0.1) is 0 Å². The maximum Gasteiger partial charge on any atom is 0.266 e. The average molecular weight is 385 g/mol. The Balaban J connectivity index is 1.25. The summed E-state index contributed by atoms with van der Waals surface area (Å²) in [5, 5.41) is 8.83. The lowest BCUT2D eigenvalue weighted by molar-refractivity contribution is 0.0778. The van der Waals surface area contributed by atoms with E-state index in [0.29, 0.717) is 24.9 Å². The first kappa shape index (κ1) is 18.0. The fourth-order valence-corrected chi connectivity index (χ4v) is 4.33. The summed E-state index contributed by atoms with van der Waals surface area (Å²) in [7, 11) is 0. The first-order valence-electron chi connectivity index (χ1n) is 10.5. The van der Waals surface area contributed by atoms with Crippen LogP contribution in [0.3, 0.4) is 0 Å². The van der Waals surface area contributed by atoms with Gasteiger partial charge in [0.1, 0.15) is 0 Å². The van der Waals surface area contributed by atoms with Crippen LogP contribution in [-0.4, -0.2) is 50.6 Å². The smallest absolute Gasteiger partial charge is 0.266 e. The molecule has 2 aromatic heterocycles. The molecule has 1 atom stereocenters. The molecule has 0 amide bonds. The molecule has 150 valence electrons. The molecule has 0 N–H and O–H groups in total. The highest BCUT2D eigenvalue weighted by atomic mass is 16.5. The van der Waals surface area contributed by atoms with Crippen molar-refractivity contribution >= 4 is 0 Å². The van der Waals surface area contributed by atoms with E-state index in [0.717, 1.165) is 62.9 Å². The minimum absolute atomic E-state index is 0.0161. The van der Waals surface area contributed by atoms with E-state index < -0.39 is 0 Å². The lowest BCUT2D eigenvalue weighted by Gasteiger charge is -2.23. The summed E-state index contributed by atoms with van der Waals surface area (Å²) in [6, 6.07) is 3.84. The molecular weight excluding hydrogens is 358 g/mol. The number of hydrogen-bond donors (Lipinski definition) is 0. The summed E-state index contributed by atoms with van der Waals surface area (Å²) in [6.07, 6.45) is 6.45. The highest BCUT2D eigenvalue weighted by Crippen LogP contribution is 2.38.